The molecule has 0 aliphatic rings. The van der Waals surface area contributed by atoms with Gasteiger partial charge in [-0.2, -0.15) is 0 Å². The summed E-state index contributed by atoms with van der Waals surface area (Å²) >= 11 is 1.30. The Bertz CT molecular complexity index is 262. The first-order valence-corrected chi connectivity index (χ1v) is 3.66. The molecule has 0 saturated heterocycles. The van der Waals surface area contributed by atoms with Crippen LogP contribution in [0.15, 0.2) is 11.4 Å². The summed E-state index contributed by atoms with van der Waals surface area (Å²) in [5.74, 6) is -0.432. The number of hydrogen-bond acceptors (Lipinski definition) is 3. The molecule has 1 heterocycles. The number of hydrogen-bond donors (Lipinski definition) is 0. The van der Waals surface area contributed by atoms with Crippen molar-refractivity contribution in [3.05, 3.63) is 21.9 Å². The van der Waals surface area contributed by atoms with E-state index < -0.39 is 5.78 Å². The summed E-state index contributed by atoms with van der Waals surface area (Å²) in [5.41, 5.74) is 1.02. The minimum atomic E-state index is -0.432. The molecule has 3 heteroatoms. The van der Waals surface area contributed by atoms with E-state index in [0.29, 0.717) is 11.2 Å². The molecule has 10 heavy (non-hydrogen) atoms. The van der Waals surface area contributed by atoms with Gasteiger partial charge in [0.2, 0.25) is 5.78 Å². The lowest BCUT2D eigenvalue weighted by Crippen LogP contribution is -1.94. The molecule has 1 aromatic rings. The fourth-order valence-corrected chi connectivity index (χ4v) is 1.42. The van der Waals surface area contributed by atoms with Gasteiger partial charge in [-0.3, -0.25) is 9.59 Å². The Morgan fingerprint density at radius 2 is 2.40 bits per heavy atom. The van der Waals surface area contributed by atoms with Crippen molar-refractivity contribution in [3.8, 4) is 0 Å². The second kappa shape index (κ2) is 2.75. The molecular weight excluding hydrogens is 148 g/mol. The molecule has 0 unspecified atom stereocenters. The Kier molecular flexibility index (Phi) is 1.97. The lowest BCUT2D eigenvalue weighted by atomic mass is 10.3. The molecule has 1 aromatic heterocycles. The van der Waals surface area contributed by atoms with Crippen molar-refractivity contribution in [2.75, 3.05) is 0 Å². The maximum Gasteiger partial charge on any atom is 0.235 e. The van der Waals surface area contributed by atoms with E-state index in [1.807, 2.05) is 12.3 Å². The number of carbonyl (C=O) groups excluding carboxylic acids is 2. The van der Waals surface area contributed by atoms with Crippen molar-refractivity contribution < 1.29 is 9.59 Å². The van der Waals surface area contributed by atoms with Gasteiger partial charge in [0.05, 0.1) is 4.88 Å². The molecule has 0 bridgehead atoms. The normalized spacial score (nSPS) is 9.30. The van der Waals surface area contributed by atoms with Gasteiger partial charge in [0, 0.05) is 0 Å². The van der Waals surface area contributed by atoms with Crippen LogP contribution < -0.4 is 0 Å². The standard InChI is InChI=1S/C7H6O2S/c1-5-2-7(10-4-5)6(9)3-8/h2-4H,1H3. The topological polar surface area (TPSA) is 34.1 Å². The molecule has 0 saturated carbocycles. The Hall–Kier alpha value is -0.960. The van der Waals surface area contributed by atoms with Crippen LogP contribution in [-0.2, 0) is 4.79 Å². The second-order valence-electron chi connectivity index (χ2n) is 1.97. The van der Waals surface area contributed by atoms with Gasteiger partial charge in [0.15, 0.2) is 6.29 Å². The molecule has 0 aliphatic carbocycles. The summed E-state index contributed by atoms with van der Waals surface area (Å²) in [7, 11) is 0. The quantitative estimate of drug-likeness (QED) is 0.367. The van der Waals surface area contributed by atoms with Gasteiger partial charge in [-0.05, 0) is 23.9 Å². The first kappa shape index (κ1) is 7.15. The third-order valence-corrected chi connectivity index (χ3v) is 2.14. The molecule has 2 nitrogen and oxygen atoms in total. The van der Waals surface area contributed by atoms with Crippen LogP contribution in [0.3, 0.4) is 0 Å². The first-order chi connectivity index (χ1) is 4.74. The minimum Gasteiger partial charge on any atom is -0.294 e. The van der Waals surface area contributed by atoms with Crippen LogP contribution in [0.4, 0.5) is 0 Å². The van der Waals surface area contributed by atoms with Gasteiger partial charge in [-0.25, -0.2) is 0 Å². The van der Waals surface area contributed by atoms with Crippen molar-refractivity contribution in [3.63, 3.8) is 0 Å². The van der Waals surface area contributed by atoms with Crippen LogP contribution >= 0.6 is 11.3 Å². The number of thiophene rings is 1. The van der Waals surface area contributed by atoms with E-state index >= 15 is 0 Å². The summed E-state index contributed by atoms with van der Waals surface area (Å²) < 4.78 is 0. The molecule has 0 N–H and O–H groups in total. The fraction of sp³-hybridized carbons (Fsp3) is 0.143. The summed E-state index contributed by atoms with van der Waals surface area (Å²) in [4.78, 5) is 21.2. The lowest BCUT2D eigenvalue weighted by Gasteiger charge is -1.79. The van der Waals surface area contributed by atoms with Gasteiger partial charge in [0.1, 0.15) is 0 Å². The van der Waals surface area contributed by atoms with E-state index in [9.17, 15) is 9.59 Å². The third kappa shape index (κ3) is 1.30. The number of rotatable bonds is 2. The van der Waals surface area contributed by atoms with E-state index in [-0.39, 0.29) is 0 Å². The SMILES string of the molecule is Cc1csc(C(=O)C=O)c1. The Morgan fingerprint density at radius 1 is 1.70 bits per heavy atom. The largest absolute Gasteiger partial charge is 0.294 e. The molecule has 0 aromatic carbocycles. The number of aldehydes is 1. The molecule has 0 aliphatic heterocycles. The Morgan fingerprint density at radius 3 is 2.80 bits per heavy atom. The molecule has 0 spiro atoms. The molecule has 1 rings (SSSR count). The maximum absolute atomic E-state index is 10.7. The fourth-order valence-electron chi connectivity index (χ4n) is 0.619. The van der Waals surface area contributed by atoms with Gasteiger partial charge >= 0.3 is 0 Å². The van der Waals surface area contributed by atoms with Crippen molar-refractivity contribution in [1.82, 2.24) is 0 Å². The predicted octanol–water partition coefficient (Wildman–Crippen LogP) is 1.44. The predicted molar refractivity (Wildman–Crippen MR) is 39.5 cm³/mol. The van der Waals surface area contributed by atoms with Crippen LogP contribution in [0.1, 0.15) is 15.2 Å². The first-order valence-electron chi connectivity index (χ1n) is 2.78. The summed E-state index contributed by atoms with van der Waals surface area (Å²) in [6.07, 6.45) is 0.339. The second-order valence-corrected chi connectivity index (χ2v) is 2.88. The van der Waals surface area contributed by atoms with E-state index in [1.54, 1.807) is 6.07 Å². The average Bonchev–Trinajstić information content (AvgIpc) is 2.34. The monoisotopic (exact) mass is 154 g/mol. The van der Waals surface area contributed by atoms with Crippen LogP contribution in [-0.4, -0.2) is 12.1 Å². The van der Waals surface area contributed by atoms with Crippen LogP contribution in [0, 0.1) is 6.92 Å². The van der Waals surface area contributed by atoms with Gasteiger partial charge in [-0.1, -0.05) is 0 Å². The lowest BCUT2D eigenvalue weighted by molar-refractivity contribution is -0.104. The van der Waals surface area contributed by atoms with Crippen molar-refractivity contribution >= 4 is 23.4 Å². The molecule has 0 radical (unpaired) electrons. The zero-order chi connectivity index (χ0) is 7.56. The van der Waals surface area contributed by atoms with E-state index in [0.717, 1.165) is 5.56 Å². The van der Waals surface area contributed by atoms with Crippen molar-refractivity contribution in [2.24, 2.45) is 0 Å². The third-order valence-electron chi connectivity index (χ3n) is 1.08. The number of carbonyl (C=O) groups is 2. The summed E-state index contributed by atoms with van der Waals surface area (Å²) in [5, 5.41) is 1.84. The van der Waals surface area contributed by atoms with Crippen molar-refractivity contribution in [2.45, 2.75) is 6.92 Å². The van der Waals surface area contributed by atoms with Crippen LogP contribution in [0.2, 0.25) is 0 Å². The smallest absolute Gasteiger partial charge is 0.235 e. The van der Waals surface area contributed by atoms with E-state index in [1.165, 1.54) is 11.3 Å². The average molecular weight is 154 g/mol. The molecule has 0 fully saturated rings. The minimum absolute atomic E-state index is 0.339. The maximum atomic E-state index is 10.7. The molecule has 52 valence electrons. The highest BCUT2D eigenvalue weighted by atomic mass is 32.1. The van der Waals surface area contributed by atoms with Crippen LogP contribution in [0.5, 0.6) is 0 Å². The zero-order valence-electron chi connectivity index (χ0n) is 5.46. The summed E-state index contributed by atoms with van der Waals surface area (Å²) in [6.45, 7) is 1.89. The van der Waals surface area contributed by atoms with E-state index in [2.05, 4.69) is 0 Å². The Labute approximate surface area is 62.5 Å². The van der Waals surface area contributed by atoms with E-state index in [4.69, 9.17) is 0 Å². The van der Waals surface area contributed by atoms with Gasteiger partial charge < -0.3 is 0 Å². The molecule has 0 atom stereocenters. The highest BCUT2D eigenvalue weighted by Gasteiger charge is 2.04. The summed E-state index contributed by atoms with van der Waals surface area (Å²) in [6, 6.07) is 1.71. The zero-order valence-corrected chi connectivity index (χ0v) is 6.27. The van der Waals surface area contributed by atoms with Crippen LogP contribution in [0.25, 0.3) is 0 Å². The van der Waals surface area contributed by atoms with Gasteiger partial charge in [-0.15, -0.1) is 11.3 Å². The Balaban J connectivity index is 2.95. The highest BCUT2D eigenvalue weighted by molar-refractivity contribution is 7.12. The van der Waals surface area contributed by atoms with Gasteiger partial charge in [0.25, 0.3) is 0 Å². The molecular formula is C7H6O2S. The van der Waals surface area contributed by atoms with Crippen molar-refractivity contribution in [1.29, 1.82) is 0 Å². The highest BCUT2D eigenvalue weighted by Crippen LogP contribution is 2.12. The number of Topliss-reactive ketones (excluding diaryl/α,β-unsaturated/α-hetero) is 1. The number of aryl methyl sites for hydroxylation is 1. The molecule has 0 amide bonds. The number of ketones is 1.